The van der Waals surface area contributed by atoms with Gasteiger partial charge < -0.3 is 15.2 Å². The second kappa shape index (κ2) is 15.3. The largest absolute Gasteiger partial charge is 0.466 e. The van der Waals surface area contributed by atoms with E-state index in [1.165, 1.54) is 6.92 Å². The first-order valence-corrected chi connectivity index (χ1v) is 7.65. The Morgan fingerprint density at radius 3 is 1.70 bits per heavy atom. The number of rotatable bonds is 5. The average molecular weight is 351 g/mol. The molecule has 0 aromatic heterocycles. The van der Waals surface area contributed by atoms with Crippen LogP contribution in [-0.4, -0.2) is 35.2 Å². The number of ketones is 1. The number of carbonyl (C=O) groups excluding carboxylic acids is 4. The van der Waals surface area contributed by atoms with E-state index in [2.05, 4.69) is 22.1 Å². The quantitative estimate of drug-likeness (QED) is 0.447. The molecule has 0 bridgehead atoms. The van der Waals surface area contributed by atoms with Gasteiger partial charge in [0.05, 0.1) is 6.61 Å². The van der Waals surface area contributed by atoms with Gasteiger partial charge in [0.1, 0.15) is 17.8 Å². The summed E-state index contributed by atoms with van der Waals surface area (Å²) in [5, 5.41) is -0.0162. The molecule has 0 saturated heterocycles. The molecule has 0 aromatic rings. The Kier molecular flexibility index (Phi) is 17.6. The molecule has 7 nitrogen and oxygen atoms in total. The van der Waals surface area contributed by atoms with Gasteiger partial charge in [-0.1, -0.05) is 6.92 Å². The minimum absolute atomic E-state index is 0.0162. The molecule has 0 spiro atoms. The van der Waals surface area contributed by atoms with Crippen molar-refractivity contribution in [2.24, 2.45) is 5.73 Å². The number of hydrogen-bond donors (Lipinski definition) is 2. The first-order valence-electron chi connectivity index (χ1n) is 7.20. The summed E-state index contributed by atoms with van der Waals surface area (Å²) in [6.07, 6.45) is 0.678. The smallest absolute Gasteiger partial charge is 0.405 e. The Bertz CT molecular complexity index is 377. The molecule has 0 rings (SSSR count). The van der Waals surface area contributed by atoms with Gasteiger partial charge in [-0.25, -0.2) is 4.79 Å². The SMILES string of the molecule is CC(C)(C)OC(N)=O.CCCC(=O)S.CCOC(=O)CC(C)=O. The van der Waals surface area contributed by atoms with E-state index >= 15 is 0 Å². The molecule has 0 aliphatic rings. The average Bonchev–Trinajstić information content (AvgIpc) is 2.25. The van der Waals surface area contributed by atoms with Crippen LogP contribution in [0.25, 0.3) is 0 Å². The lowest BCUT2D eigenvalue weighted by Crippen LogP contribution is -2.27. The van der Waals surface area contributed by atoms with Crippen LogP contribution in [0.3, 0.4) is 0 Å². The summed E-state index contributed by atoms with van der Waals surface area (Å²) in [5.74, 6) is -0.599. The number of nitrogens with two attached hydrogens (primary N) is 1. The normalized spacial score (nSPS) is 9.35. The van der Waals surface area contributed by atoms with Crippen molar-refractivity contribution in [3.63, 3.8) is 0 Å². The Morgan fingerprint density at radius 1 is 1.09 bits per heavy atom. The minimum atomic E-state index is -0.725. The van der Waals surface area contributed by atoms with Crippen molar-refractivity contribution in [2.75, 3.05) is 6.61 Å². The summed E-state index contributed by atoms with van der Waals surface area (Å²) >= 11 is 3.54. The Morgan fingerprint density at radius 2 is 1.57 bits per heavy atom. The Hall–Kier alpha value is -1.57. The van der Waals surface area contributed by atoms with Crippen LogP contribution in [-0.2, 0) is 23.9 Å². The third-order valence-electron chi connectivity index (χ3n) is 1.57. The number of ether oxygens (including phenoxy) is 2. The van der Waals surface area contributed by atoms with E-state index in [1.807, 2.05) is 6.92 Å². The highest BCUT2D eigenvalue weighted by Gasteiger charge is 2.12. The van der Waals surface area contributed by atoms with Gasteiger partial charge >= 0.3 is 12.1 Å². The molecule has 0 aromatic carbocycles. The maximum Gasteiger partial charge on any atom is 0.405 e. The van der Waals surface area contributed by atoms with Crippen LogP contribution in [0.4, 0.5) is 4.79 Å². The van der Waals surface area contributed by atoms with Crippen LogP contribution in [0, 0.1) is 0 Å². The molecule has 1 amide bonds. The van der Waals surface area contributed by atoms with Crippen molar-refractivity contribution in [3.05, 3.63) is 0 Å². The monoisotopic (exact) mass is 351 g/mol. The van der Waals surface area contributed by atoms with Crippen molar-refractivity contribution >= 4 is 35.6 Å². The molecule has 0 radical (unpaired) electrons. The number of amides is 1. The van der Waals surface area contributed by atoms with E-state index < -0.39 is 17.7 Å². The van der Waals surface area contributed by atoms with E-state index in [0.717, 1.165) is 6.42 Å². The molecule has 0 unspecified atom stereocenters. The van der Waals surface area contributed by atoms with Crippen LogP contribution in [0.15, 0.2) is 0 Å². The molecule has 23 heavy (non-hydrogen) atoms. The fourth-order valence-electron chi connectivity index (χ4n) is 0.931. The maximum atomic E-state index is 10.4. The highest BCUT2D eigenvalue weighted by molar-refractivity contribution is 7.96. The first kappa shape index (κ1) is 26.3. The molecule has 8 heteroatoms. The number of esters is 1. The number of hydrogen-bond acceptors (Lipinski definition) is 6. The third kappa shape index (κ3) is 38.5. The molecule has 0 aliphatic carbocycles. The van der Waals surface area contributed by atoms with Gasteiger partial charge in [0.15, 0.2) is 5.12 Å². The van der Waals surface area contributed by atoms with Crippen molar-refractivity contribution in [2.45, 2.75) is 66.4 Å². The van der Waals surface area contributed by atoms with Gasteiger partial charge in [0.2, 0.25) is 0 Å². The van der Waals surface area contributed by atoms with E-state index in [1.54, 1.807) is 27.7 Å². The highest BCUT2D eigenvalue weighted by Crippen LogP contribution is 2.04. The van der Waals surface area contributed by atoms with Gasteiger partial charge in [-0.2, -0.15) is 0 Å². The molecular formula is C15H29NO6S. The second-order valence-electron chi connectivity index (χ2n) is 5.36. The van der Waals surface area contributed by atoms with Gasteiger partial charge in [-0.15, -0.1) is 12.6 Å². The maximum absolute atomic E-state index is 10.4. The van der Waals surface area contributed by atoms with Crippen LogP contribution >= 0.6 is 12.6 Å². The zero-order chi connectivity index (χ0) is 19.1. The lowest BCUT2D eigenvalue weighted by molar-refractivity contribution is -0.145. The molecular weight excluding hydrogens is 322 g/mol. The van der Waals surface area contributed by atoms with Crippen LogP contribution < -0.4 is 5.73 Å². The van der Waals surface area contributed by atoms with Gasteiger partial charge in [-0.05, 0) is 41.0 Å². The summed E-state index contributed by atoms with van der Waals surface area (Å²) < 4.78 is 9.07. The summed E-state index contributed by atoms with van der Waals surface area (Å²) in [6.45, 7) is 10.6. The summed E-state index contributed by atoms with van der Waals surface area (Å²) in [5.41, 5.74) is 4.26. The number of carbonyl (C=O) groups is 4. The second-order valence-corrected chi connectivity index (χ2v) is 5.86. The standard InChI is InChI=1S/C6H10O3.C5H11NO2.C4H8OS/c1-3-9-6(8)4-5(2)7;1-5(2,3)8-4(6)7;1-2-3-4(5)6/h3-4H2,1-2H3;1-3H3,(H2,6,7);2-3H2,1H3,(H,5,6). The molecule has 2 N–H and O–H groups in total. The van der Waals surface area contributed by atoms with E-state index in [0.29, 0.717) is 13.0 Å². The van der Waals surface area contributed by atoms with Crippen molar-refractivity contribution in [3.8, 4) is 0 Å². The van der Waals surface area contributed by atoms with Crippen LogP contribution in [0.5, 0.6) is 0 Å². The lowest BCUT2D eigenvalue weighted by atomic mass is 10.2. The van der Waals surface area contributed by atoms with Crippen LogP contribution in [0.1, 0.15) is 60.8 Å². The molecule has 0 fully saturated rings. The fraction of sp³-hybridized carbons (Fsp3) is 0.733. The van der Waals surface area contributed by atoms with Gasteiger partial charge in [-0.3, -0.25) is 14.4 Å². The first-order chi connectivity index (χ1) is 10.4. The van der Waals surface area contributed by atoms with E-state index in [9.17, 15) is 19.2 Å². The van der Waals surface area contributed by atoms with Gasteiger partial charge in [0, 0.05) is 6.42 Å². The zero-order valence-corrected chi connectivity index (χ0v) is 15.7. The predicted octanol–water partition coefficient (Wildman–Crippen LogP) is 2.65. The summed E-state index contributed by atoms with van der Waals surface area (Å²) in [4.78, 5) is 40.6. The third-order valence-corrected chi connectivity index (χ3v) is 1.79. The Labute approximate surface area is 143 Å². The fourth-order valence-corrected chi connectivity index (χ4v) is 1.15. The highest BCUT2D eigenvalue weighted by atomic mass is 32.1. The molecule has 0 heterocycles. The number of Topliss-reactive ketones (excluding diaryl/α,β-unsaturated/α-hetero) is 1. The van der Waals surface area contributed by atoms with Crippen molar-refractivity contribution < 1.29 is 28.7 Å². The summed E-state index contributed by atoms with van der Waals surface area (Å²) in [7, 11) is 0. The van der Waals surface area contributed by atoms with E-state index in [-0.39, 0.29) is 17.3 Å². The number of thiol groups is 1. The molecule has 136 valence electrons. The molecule has 0 atom stereocenters. The molecule has 0 saturated carbocycles. The predicted molar refractivity (Wildman–Crippen MR) is 91.3 cm³/mol. The van der Waals surface area contributed by atoms with Crippen LogP contribution in [0.2, 0.25) is 0 Å². The zero-order valence-electron chi connectivity index (χ0n) is 14.8. The lowest BCUT2D eigenvalue weighted by Gasteiger charge is -2.16. The minimum Gasteiger partial charge on any atom is -0.466 e. The van der Waals surface area contributed by atoms with Crippen molar-refractivity contribution in [1.82, 2.24) is 0 Å². The van der Waals surface area contributed by atoms with Crippen molar-refractivity contribution in [1.29, 1.82) is 0 Å². The summed E-state index contributed by atoms with van der Waals surface area (Å²) in [6, 6.07) is 0. The van der Waals surface area contributed by atoms with E-state index in [4.69, 9.17) is 5.73 Å². The topological polar surface area (TPSA) is 113 Å². The number of primary amides is 1. The molecule has 0 aliphatic heterocycles. The Balaban J connectivity index is -0.000000266. The van der Waals surface area contributed by atoms with Gasteiger partial charge in [0.25, 0.3) is 0 Å².